The molecule has 120 valence electrons. The molecule has 2 aromatic rings. The van der Waals surface area contributed by atoms with E-state index in [0.29, 0.717) is 0 Å². The van der Waals surface area contributed by atoms with Crippen LogP contribution in [0.4, 0.5) is 0 Å². The van der Waals surface area contributed by atoms with E-state index in [0.717, 1.165) is 43.6 Å². The van der Waals surface area contributed by atoms with E-state index in [1.54, 1.807) is 0 Å². The summed E-state index contributed by atoms with van der Waals surface area (Å²) in [5.41, 5.74) is 4.64. The molecule has 0 saturated carbocycles. The van der Waals surface area contributed by atoms with Crippen molar-refractivity contribution < 1.29 is 5.11 Å². The molecule has 0 unspecified atom stereocenters. The minimum Gasteiger partial charge on any atom is -0.388 e. The standard InChI is InChI=1S/C18H27N3O/c1-14-17(15(2)20-19-14)10-7-12-21(3)13-11-18(22)16-8-5-4-6-9-16/h4-6,8-9,18,22H,7,10-13H2,1-3H3,(H,19,20)/t18-/m1/s1. The van der Waals surface area contributed by atoms with Gasteiger partial charge in [0.1, 0.15) is 0 Å². The van der Waals surface area contributed by atoms with Crippen LogP contribution in [-0.4, -0.2) is 40.3 Å². The summed E-state index contributed by atoms with van der Waals surface area (Å²) in [5, 5.41) is 17.5. The topological polar surface area (TPSA) is 52.2 Å². The van der Waals surface area contributed by atoms with Gasteiger partial charge >= 0.3 is 0 Å². The summed E-state index contributed by atoms with van der Waals surface area (Å²) >= 11 is 0. The number of aliphatic hydroxyl groups is 1. The van der Waals surface area contributed by atoms with Gasteiger partial charge in [-0.25, -0.2) is 0 Å². The summed E-state index contributed by atoms with van der Waals surface area (Å²) in [5.74, 6) is 0. The van der Waals surface area contributed by atoms with Crippen molar-refractivity contribution in [1.29, 1.82) is 0 Å². The van der Waals surface area contributed by atoms with Gasteiger partial charge in [0.2, 0.25) is 0 Å². The van der Waals surface area contributed by atoms with E-state index in [4.69, 9.17) is 0 Å². The Morgan fingerprint density at radius 3 is 2.55 bits per heavy atom. The fraction of sp³-hybridized carbons (Fsp3) is 0.500. The van der Waals surface area contributed by atoms with Crippen LogP contribution in [0.2, 0.25) is 0 Å². The summed E-state index contributed by atoms with van der Waals surface area (Å²) < 4.78 is 0. The third kappa shape index (κ3) is 4.68. The maximum atomic E-state index is 10.2. The molecule has 0 amide bonds. The molecule has 1 atom stereocenters. The van der Waals surface area contributed by atoms with Crippen LogP contribution in [0.25, 0.3) is 0 Å². The number of aliphatic hydroxyl groups excluding tert-OH is 1. The molecule has 0 bridgehead atoms. The molecule has 0 fully saturated rings. The number of benzene rings is 1. The largest absolute Gasteiger partial charge is 0.388 e. The molecule has 1 aromatic heterocycles. The van der Waals surface area contributed by atoms with E-state index in [9.17, 15) is 5.11 Å². The number of hydrogen-bond donors (Lipinski definition) is 2. The molecular weight excluding hydrogens is 274 g/mol. The number of aromatic nitrogens is 2. The van der Waals surface area contributed by atoms with Gasteiger partial charge in [-0.1, -0.05) is 30.3 Å². The van der Waals surface area contributed by atoms with E-state index in [2.05, 4.69) is 36.0 Å². The van der Waals surface area contributed by atoms with Crippen molar-refractivity contribution in [2.75, 3.05) is 20.1 Å². The van der Waals surface area contributed by atoms with Crippen molar-refractivity contribution in [3.05, 3.63) is 52.8 Å². The van der Waals surface area contributed by atoms with Crippen LogP contribution in [-0.2, 0) is 6.42 Å². The third-order valence-electron chi connectivity index (χ3n) is 4.22. The number of aromatic amines is 1. The normalized spacial score (nSPS) is 12.8. The molecule has 1 aromatic carbocycles. The van der Waals surface area contributed by atoms with Gasteiger partial charge in [-0.05, 0) is 57.8 Å². The molecular formula is C18H27N3O. The van der Waals surface area contributed by atoms with Gasteiger partial charge < -0.3 is 10.0 Å². The number of nitrogens with one attached hydrogen (secondary N) is 1. The second kappa shape index (κ2) is 8.11. The average molecular weight is 301 g/mol. The lowest BCUT2D eigenvalue weighted by molar-refractivity contribution is 0.149. The van der Waals surface area contributed by atoms with Gasteiger partial charge in [-0.15, -0.1) is 0 Å². The van der Waals surface area contributed by atoms with Crippen LogP contribution in [0, 0.1) is 13.8 Å². The van der Waals surface area contributed by atoms with Crippen molar-refractivity contribution in [3.8, 4) is 0 Å². The van der Waals surface area contributed by atoms with E-state index >= 15 is 0 Å². The van der Waals surface area contributed by atoms with E-state index < -0.39 is 0 Å². The van der Waals surface area contributed by atoms with E-state index in [1.807, 2.05) is 30.3 Å². The zero-order valence-corrected chi connectivity index (χ0v) is 13.8. The average Bonchev–Trinajstić information content (AvgIpc) is 2.85. The summed E-state index contributed by atoms with van der Waals surface area (Å²) in [7, 11) is 2.12. The molecule has 2 rings (SSSR count). The number of aryl methyl sites for hydroxylation is 2. The smallest absolute Gasteiger partial charge is 0.0802 e. The highest BCUT2D eigenvalue weighted by Gasteiger charge is 2.09. The molecule has 22 heavy (non-hydrogen) atoms. The lowest BCUT2D eigenvalue weighted by atomic mass is 10.1. The zero-order valence-electron chi connectivity index (χ0n) is 13.8. The maximum Gasteiger partial charge on any atom is 0.0802 e. The minimum atomic E-state index is -0.373. The molecule has 0 spiro atoms. The lowest BCUT2D eigenvalue weighted by Gasteiger charge is -2.19. The third-order valence-corrected chi connectivity index (χ3v) is 4.22. The first-order valence-electron chi connectivity index (χ1n) is 8.00. The summed E-state index contributed by atoms with van der Waals surface area (Å²) in [6.45, 7) is 6.07. The second-order valence-electron chi connectivity index (χ2n) is 6.03. The molecule has 0 aliphatic rings. The lowest BCUT2D eigenvalue weighted by Crippen LogP contribution is -2.23. The number of hydrogen-bond acceptors (Lipinski definition) is 3. The van der Waals surface area contributed by atoms with Gasteiger partial charge in [0.25, 0.3) is 0 Å². The van der Waals surface area contributed by atoms with Crippen molar-refractivity contribution in [2.24, 2.45) is 0 Å². The summed E-state index contributed by atoms with van der Waals surface area (Å²) in [6.07, 6.45) is 2.56. The Morgan fingerprint density at radius 2 is 1.91 bits per heavy atom. The van der Waals surface area contributed by atoms with Crippen LogP contribution < -0.4 is 0 Å². The van der Waals surface area contributed by atoms with E-state index in [-0.39, 0.29) is 6.10 Å². The number of H-pyrrole nitrogens is 1. The van der Waals surface area contributed by atoms with Crippen molar-refractivity contribution in [3.63, 3.8) is 0 Å². The van der Waals surface area contributed by atoms with Gasteiger partial charge in [0.05, 0.1) is 11.8 Å². The Labute approximate surface area is 133 Å². The molecule has 0 aliphatic heterocycles. The van der Waals surface area contributed by atoms with Crippen molar-refractivity contribution in [2.45, 2.75) is 39.2 Å². The molecule has 0 radical (unpaired) electrons. The quantitative estimate of drug-likeness (QED) is 0.788. The predicted molar refractivity (Wildman–Crippen MR) is 89.9 cm³/mol. The number of rotatable bonds is 8. The Hall–Kier alpha value is -1.65. The van der Waals surface area contributed by atoms with Crippen LogP contribution in [0.3, 0.4) is 0 Å². The first kappa shape index (κ1) is 16.7. The predicted octanol–water partition coefficient (Wildman–Crippen LogP) is 3.01. The van der Waals surface area contributed by atoms with Gasteiger partial charge in [-0.3, -0.25) is 5.10 Å². The minimum absolute atomic E-state index is 0.373. The van der Waals surface area contributed by atoms with Gasteiger partial charge in [0.15, 0.2) is 0 Å². The second-order valence-corrected chi connectivity index (χ2v) is 6.03. The highest BCUT2D eigenvalue weighted by Crippen LogP contribution is 2.16. The first-order chi connectivity index (χ1) is 10.6. The van der Waals surface area contributed by atoms with Crippen LogP contribution >= 0.6 is 0 Å². The monoisotopic (exact) mass is 301 g/mol. The first-order valence-corrected chi connectivity index (χ1v) is 8.00. The molecule has 1 heterocycles. The van der Waals surface area contributed by atoms with Crippen LogP contribution in [0.1, 0.15) is 41.5 Å². The van der Waals surface area contributed by atoms with Crippen molar-refractivity contribution in [1.82, 2.24) is 15.1 Å². The molecule has 2 N–H and O–H groups in total. The van der Waals surface area contributed by atoms with E-state index in [1.165, 1.54) is 11.3 Å². The Kier molecular flexibility index (Phi) is 6.16. The fourth-order valence-electron chi connectivity index (χ4n) is 2.76. The maximum absolute atomic E-state index is 10.2. The zero-order chi connectivity index (χ0) is 15.9. The summed E-state index contributed by atoms with van der Waals surface area (Å²) in [4.78, 5) is 2.29. The molecule has 0 aliphatic carbocycles. The Balaban J connectivity index is 1.69. The van der Waals surface area contributed by atoms with Crippen molar-refractivity contribution >= 4 is 0 Å². The Morgan fingerprint density at radius 1 is 1.18 bits per heavy atom. The number of nitrogens with zero attached hydrogens (tertiary/aromatic N) is 2. The molecule has 0 saturated heterocycles. The van der Waals surface area contributed by atoms with Gasteiger partial charge in [0, 0.05) is 12.2 Å². The molecule has 4 heteroatoms. The summed E-state index contributed by atoms with van der Waals surface area (Å²) in [6, 6.07) is 9.88. The molecule has 4 nitrogen and oxygen atoms in total. The fourth-order valence-corrected chi connectivity index (χ4v) is 2.76. The van der Waals surface area contributed by atoms with Gasteiger partial charge in [-0.2, -0.15) is 5.10 Å². The highest BCUT2D eigenvalue weighted by molar-refractivity contribution is 5.23. The highest BCUT2D eigenvalue weighted by atomic mass is 16.3. The van der Waals surface area contributed by atoms with Crippen LogP contribution in [0.15, 0.2) is 30.3 Å². The SMILES string of the molecule is Cc1n[nH]c(C)c1CCCN(C)CC[C@@H](O)c1ccccc1. The Bertz CT molecular complexity index is 545. The van der Waals surface area contributed by atoms with Crippen LogP contribution in [0.5, 0.6) is 0 Å².